The number of unbranched alkanes of at least 4 members (excludes halogenated alkanes) is 2. The van der Waals surface area contributed by atoms with Gasteiger partial charge < -0.3 is 14.4 Å². The average Bonchev–Trinajstić information content (AvgIpc) is 2.68. The highest BCUT2D eigenvalue weighted by Gasteiger charge is 2.38. The summed E-state index contributed by atoms with van der Waals surface area (Å²) < 4.78 is 25.6. The van der Waals surface area contributed by atoms with Crippen molar-refractivity contribution in [3.8, 4) is 0 Å². The van der Waals surface area contributed by atoms with Crippen LogP contribution in [0, 0.1) is 0 Å². The zero-order valence-corrected chi connectivity index (χ0v) is 18.8. The zero-order chi connectivity index (χ0) is 20.4. The van der Waals surface area contributed by atoms with Crippen molar-refractivity contribution in [3.05, 3.63) is 64.1 Å². The normalized spacial score (nSPS) is 12.7. The van der Waals surface area contributed by atoms with E-state index in [1.165, 1.54) is 0 Å². The molecule has 0 aliphatic heterocycles. The van der Waals surface area contributed by atoms with E-state index in [0.717, 1.165) is 31.4 Å². The highest BCUT2D eigenvalue weighted by Crippen LogP contribution is 2.62. The predicted octanol–water partition coefficient (Wildman–Crippen LogP) is 7.93. The summed E-state index contributed by atoms with van der Waals surface area (Å²) in [5.41, 5.74) is 1.43. The molecule has 0 aliphatic carbocycles. The largest absolute Gasteiger partial charge is 0.368 e. The zero-order valence-electron chi connectivity index (χ0n) is 16.4. The Hall–Kier alpha value is -1.03. The SMILES string of the molecule is CCCCOP(=O)(OCCCC)[C@@H](Nc1ccccc1)c1ccc(Cl)cc1Cl. The summed E-state index contributed by atoms with van der Waals surface area (Å²) in [5.74, 6) is -0.742. The van der Waals surface area contributed by atoms with Crippen LogP contribution in [0.25, 0.3) is 0 Å². The molecule has 1 atom stereocenters. The lowest BCUT2D eigenvalue weighted by Gasteiger charge is -2.29. The van der Waals surface area contributed by atoms with E-state index in [0.29, 0.717) is 28.8 Å². The van der Waals surface area contributed by atoms with Crippen LogP contribution in [-0.2, 0) is 13.6 Å². The molecule has 0 spiro atoms. The fraction of sp³-hybridized carbons (Fsp3) is 0.429. The van der Waals surface area contributed by atoms with Crippen LogP contribution in [-0.4, -0.2) is 13.2 Å². The van der Waals surface area contributed by atoms with Gasteiger partial charge in [0, 0.05) is 21.3 Å². The van der Waals surface area contributed by atoms with Crippen LogP contribution < -0.4 is 5.32 Å². The Labute approximate surface area is 178 Å². The molecular formula is C21H28Cl2NO3P. The summed E-state index contributed by atoms with van der Waals surface area (Å²) >= 11 is 12.5. The first-order chi connectivity index (χ1) is 13.5. The minimum absolute atomic E-state index is 0.359. The summed E-state index contributed by atoms with van der Waals surface area (Å²) in [7, 11) is -3.56. The fourth-order valence-corrected chi connectivity index (χ4v) is 5.21. The van der Waals surface area contributed by atoms with Gasteiger partial charge in [0.05, 0.1) is 13.2 Å². The van der Waals surface area contributed by atoms with Crippen LogP contribution in [0.5, 0.6) is 0 Å². The molecular weight excluding hydrogens is 416 g/mol. The highest BCUT2D eigenvalue weighted by molar-refractivity contribution is 7.54. The molecule has 0 unspecified atom stereocenters. The number of hydrogen-bond donors (Lipinski definition) is 1. The van der Waals surface area contributed by atoms with Crippen molar-refractivity contribution in [1.29, 1.82) is 0 Å². The number of halogens is 2. The number of hydrogen-bond acceptors (Lipinski definition) is 4. The second-order valence-corrected chi connectivity index (χ2v) is 9.45. The van der Waals surface area contributed by atoms with E-state index >= 15 is 0 Å². The quantitative estimate of drug-likeness (QED) is 0.267. The number of rotatable bonds is 12. The maximum absolute atomic E-state index is 13.9. The maximum atomic E-state index is 13.9. The van der Waals surface area contributed by atoms with Crippen molar-refractivity contribution in [2.45, 2.75) is 45.3 Å². The fourth-order valence-electron chi connectivity index (χ4n) is 2.60. The monoisotopic (exact) mass is 443 g/mol. The highest BCUT2D eigenvalue weighted by atomic mass is 35.5. The summed E-state index contributed by atoms with van der Waals surface area (Å²) in [6, 6.07) is 14.7. The summed E-state index contributed by atoms with van der Waals surface area (Å²) in [4.78, 5) is 0. The van der Waals surface area contributed by atoms with E-state index in [1.54, 1.807) is 18.2 Å². The van der Waals surface area contributed by atoms with E-state index < -0.39 is 13.4 Å². The first-order valence-corrected chi connectivity index (χ1v) is 12.0. The Morgan fingerprint density at radius 3 is 2.11 bits per heavy atom. The Morgan fingerprint density at radius 2 is 1.57 bits per heavy atom. The molecule has 2 rings (SSSR count). The summed E-state index contributed by atoms with van der Waals surface area (Å²) in [6.45, 7) is 4.83. The number of benzene rings is 2. The molecule has 0 amide bonds. The minimum Gasteiger partial charge on any atom is -0.368 e. The van der Waals surface area contributed by atoms with Crippen LogP contribution in [0.15, 0.2) is 48.5 Å². The molecule has 2 aromatic rings. The predicted molar refractivity (Wildman–Crippen MR) is 119 cm³/mol. The van der Waals surface area contributed by atoms with Crippen LogP contribution in [0.3, 0.4) is 0 Å². The Morgan fingerprint density at radius 1 is 0.964 bits per heavy atom. The first-order valence-electron chi connectivity index (χ1n) is 9.65. The lowest BCUT2D eigenvalue weighted by atomic mass is 10.2. The van der Waals surface area contributed by atoms with Crippen molar-refractivity contribution in [1.82, 2.24) is 0 Å². The maximum Gasteiger partial charge on any atom is 0.357 e. The molecule has 0 fully saturated rings. The van der Waals surface area contributed by atoms with Gasteiger partial charge in [-0.05, 0) is 37.1 Å². The Bertz CT molecular complexity index is 760. The third-order valence-corrected chi connectivity index (χ3v) is 6.88. The van der Waals surface area contributed by atoms with Gasteiger partial charge in [-0.2, -0.15) is 0 Å². The molecule has 0 saturated heterocycles. The van der Waals surface area contributed by atoms with E-state index in [2.05, 4.69) is 19.2 Å². The smallest absolute Gasteiger partial charge is 0.357 e. The van der Waals surface area contributed by atoms with Crippen LogP contribution in [0.4, 0.5) is 5.69 Å². The van der Waals surface area contributed by atoms with E-state index in [-0.39, 0.29) is 0 Å². The van der Waals surface area contributed by atoms with Crippen LogP contribution >= 0.6 is 30.8 Å². The van der Waals surface area contributed by atoms with Gasteiger partial charge in [-0.1, -0.05) is 74.2 Å². The Balaban J connectivity index is 2.42. The first kappa shape index (κ1) is 23.3. The molecule has 154 valence electrons. The van der Waals surface area contributed by atoms with Crippen molar-refractivity contribution in [2.24, 2.45) is 0 Å². The van der Waals surface area contributed by atoms with Gasteiger partial charge in [-0.15, -0.1) is 0 Å². The van der Waals surface area contributed by atoms with E-state index in [4.69, 9.17) is 32.2 Å². The van der Waals surface area contributed by atoms with Gasteiger partial charge in [-0.25, -0.2) is 0 Å². The standard InChI is InChI=1S/C21H28Cl2NO3P/c1-3-5-14-26-28(25,27-15-6-4-2)21(24-18-10-8-7-9-11-18)19-13-12-17(22)16-20(19)23/h7-13,16,21,24H,3-6,14-15H2,1-2H3/t21-/m1/s1. The van der Waals surface area contributed by atoms with E-state index in [9.17, 15) is 4.57 Å². The molecule has 0 aliphatic rings. The molecule has 28 heavy (non-hydrogen) atoms. The van der Waals surface area contributed by atoms with Gasteiger partial charge >= 0.3 is 7.60 Å². The third kappa shape index (κ3) is 6.79. The lowest BCUT2D eigenvalue weighted by molar-refractivity contribution is 0.194. The van der Waals surface area contributed by atoms with Crippen LogP contribution in [0.1, 0.15) is 50.9 Å². The minimum atomic E-state index is -3.56. The van der Waals surface area contributed by atoms with Crippen molar-refractivity contribution < 1.29 is 13.6 Å². The molecule has 0 radical (unpaired) electrons. The van der Waals surface area contributed by atoms with Crippen molar-refractivity contribution in [3.63, 3.8) is 0 Å². The number of para-hydroxylation sites is 1. The molecule has 1 N–H and O–H groups in total. The second-order valence-electron chi connectivity index (χ2n) is 6.49. The lowest BCUT2D eigenvalue weighted by Crippen LogP contribution is -2.16. The molecule has 0 aromatic heterocycles. The van der Waals surface area contributed by atoms with Gasteiger partial charge in [0.2, 0.25) is 0 Å². The van der Waals surface area contributed by atoms with Crippen molar-refractivity contribution >= 4 is 36.5 Å². The summed E-state index contributed by atoms with van der Waals surface area (Å²) in [5, 5.41) is 4.24. The molecule has 0 bridgehead atoms. The molecule has 7 heteroatoms. The van der Waals surface area contributed by atoms with E-state index in [1.807, 2.05) is 30.3 Å². The van der Waals surface area contributed by atoms with Crippen molar-refractivity contribution in [2.75, 3.05) is 18.5 Å². The molecule has 0 saturated carbocycles. The third-order valence-electron chi connectivity index (χ3n) is 4.19. The number of anilines is 1. The summed E-state index contributed by atoms with van der Waals surface area (Å²) in [6.07, 6.45) is 3.47. The topological polar surface area (TPSA) is 47.6 Å². The van der Waals surface area contributed by atoms with Gasteiger partial charge in [-0.3, -0.25) is 4.57 Å². The van der Waals surface area contributed by atoms with Gasteiger partial charge in [0.1, 0.15) is 0 Å². The molecule has 2 aromatic carbocycles. The number of nitrogens with one attached hydrogen (secondary N) is 1. The van der Waals surface area contributed by atoms with Gasteiger partial charge in [0.25, 0.3) is 0 Å². The van der Waals surface area contributed by atoms with Gasteiger partial charge in [0.15, 0.2) is 5.78 Å². The molecule has 4 nitrogen and oxygen atoms in total. The molecule has 0 heterocycles. The second kappa shape index (κ2) is 11.8. The Kier molecular flexibility index (Phi) is 9.84. The van der Waals surface area contributed by atoms with Crippen LogP contribution in [0.2, 0.25) is 10.0 Å². The average molecular weight is 444 g/mol.